The summed E-state index contributed by atoms with van der Waals surface area (Å²) < 4.78 is 23.8. The van der Waals surface area contributed by atoms with E-state index in [1.807, 2.05) is 19.1 Å². The predicted octanol–water partition coefficient (Wildman–Crippen LogP) is 2.54. The van der Waals surface area contributed by atoms with Gasteiger partial charge in [-0.15, -0.1) is 0 Å². The molecule has 0 saturated heterocycles. The van der Waals surface area contributed by atoms with Gasteiger partial charge in [-0.3, -0.25) is 0 Å². The third-order valence-electron chi connectivity index (χ3n) is 3.00. The van der Waals surface area contributed by atoms with Crippen molar-refractivity contribution in [1.82, 2.24) is 5.32 Å². The zero-order chi connectivity index (χ0) is 13.7. The molecule has 1 atom stereocenters. The van der Waals surface area contributed by atoms with Crippen LogP contribution in [0.5, 0.6) is 0 Å². The van der Waals surface area contributed by atoms with Crippen LogP contribution in [-0.4, -0.2) is 26.6 Å². The van der Waals surface area contributed by atoms with Crippen LogP contribution in [0.1, 0.15) is 23.6 Å². The first kappa shape index (κ1) is 15.1. The molecule has 0 saturated carbocycles. The van der Waals surface area contributed by atoms with Crippen LogP contribution in [-0.2, 0) is 16.0 Å². The van der Waals surface area contributed by atoms with E-state index >= 15 is 0 Å². The highest BCUT2D eigenvalue weighted by molar-refractivity contribution is 5.30. The van der Waals surface area contributed by atoms with E-state index in [1.165, 1.54) is 0 Å². The molecule has 0 aliphatic rings. The topological polar surface area (TPSA) is 30.5 Å². The van der Waals surface area contributed by atoms with E-state index in [1.54, 1.807) is 28.1 Å². The summed E-state index contributed by atoms with van der Waals surface area (Å²) in [7, 11) is 3.22. The lowest BCUT2D eigenvalue weighted by atomic mass is 10.1. The van der Waals surface area contributed by atoms with Crippen molar-refractivity contribution in [3.05, 3.63) is 34.6 Å². The lowest BCUT2D eigenvalue weighted by molar-refractivity contribution is -0.119. The average Bonchev–Trinajstić information content (AvgIpc) is 2.34. The summed E-state index contributed by atoms with van der Waals surface area (Å²) in [5, 5.41) is 3.30. The Morgan fingerprint density at radius 3 is 2.11 bits per heavy atom. The molecule has 1 N–H and O–H groups in total. The molecule has 0 amide bonds. The van der Waals surface area contributed by atoms with Gasteiger partial charge in [0.1, 0.15) is 5.82 Å². The van der Waals surface area contributed by atoms with E-state index in [0.717, 1.165) is 5.56 Å². The van der Waals surface area contributed by atoms with E-state index in [2.05, 4.69) is 5.32 Å². The summed E-state index contributed by atoms with van der Waals surface area (Å²) >= 11 is 0. The van der Waals surface area contributed by atoms with Gasteiger partial charge in [0, 0.05) is 20.8 Å². The Hall–Kier alpha value is -0.970. The lowest BCUT2D eigenvalue weighted by Crippen LogP contribution is -2.39. The van der Waals surface area contributed by atoms with Gasteiger partial charge >= 0.3 is 0 Å². The van der Waals surface area contributed by atoms with Crippen LogP contribution >= 0.6 is 0 Å². The molecular formula is C14H22FNO2. The lowest BCUT2D eigenvalue weighted by Gasteiger charge is -2.22. The van der Waals surface area contributed by atoms with Gasteiger partial charge in [0.25, 0.3) is 0 Å². The number of ether oxygens (including phenoxy) is 2. The van der Waals surface area contributed by atoms with Crippen molar-refractivity contribution in [3.63, 3.8) is 0 Å². The summed E-state index contributed by atoms with van der Waals surface area (Å²) in [6.07, 6.45) is -0.285. The van der Waals surface area contributed by atoms with Crippen molar-refractivity contribution in [1.29, 1.82) is 0 Å². The summed E-state index contributed by atoms with van der Waals surface area (Å²) in [6, 6.07) is 3.78. The van der Waals surface area contributed by atoms with Crippen molar-refractivity contribution in [2.45, 2.75) is 39.6 Å². The Balaban J connectivity index is 2.64. The Morgan fingerprint density at radius 2 is 1.67 bits per heavy atom. The Labute approximate surface area is 108 Å². The maximum absolute atomic E-state index is 13.5. The maximum Gasteiger partial charge on any atom is 0.171 e. The number of nitrogens with one attached hydrogen (secondary N) is 1. The van der Waals surface area contributed by atoms with Crippen LogP contribution in [0.2, 0.25) is 0 Å². The summed E-state index contributed by atoms with van der Waals surface area (Å²) in [4.78, 5) is 0. The van der Waals surface area contributed by atoms with Crippen LogP contribution in [0, 0.1) is 19.7 Å². The Morgan fingerprint density at radius 1 is 1.17 bits per heavy atom. The molecule has 0 spiro atoms. The highest BCUT2D eigenvalue weighted by atomic mass is 19.1. The number of aryl methyl sites for hydroxylation is 2. The number of methoxy groups -OCH3 is 2. The van der Waals surface area contributed by atoms with Crippen LogP contribution in [0.25, 0.3) is 0 Å². The van der Waals surface area contributed by atoms with Crippen LogP contribution < -0.4 is 5.32 Å². The zero-order valence-corrected chi connectivity index (χ0v) is 11.7. The summed E-state index contributed by atoms with van der Waals surface area (Å²) in [5.74, 6) is -0.126. The molecule has 18 heavy (non-hydrogen) atoms. The highest BCUT2D eigenvalue weighted by Gasteiger charge is 2.15. The number of rotatable bonds is 6. The zero-order valence-electron chi connectivity index (χ0n) is 11.7. The standard InChI is InChI=1S/C14H22FNO2/c1-9-6-12(7-10(2)13(9)15)8-16-11(3)14(17-4)18-5/h6-7,11,14,16H,8H2,1-5H3. The molecule has 0 aromatic heterocycles. The molecule has 1 aromatic rings. The quantitative estimate of drug-likeness (QED) is 0.792. The van der Waals surface area contributed by atoms with Crippen molar-refractivity contribution >= 4 is 0 Å². The molecular weight excluding hydrogens is 233 g/mol. The second-order valence-corrected chi connectivity index (χ2v) is 4.55. The van der Waals surface area contributed by atoms with Crippen molar-refractivity contribution in [2.24, 2.45) is 0 Å². The molecule has 4 heteroatoms. The van der Waals surface area contributed by atoms with Crippen LogP contribution in [0.15, 0.2) is 12.1 Å². The SMILES string of the molecule is COC(OC)C(C)NCc1cc(C)c(F)c(C)c1. The van der Waals surface area contributed by atoms with Gasteiger partial charge in [0.15, 0.2) is 6.29 Å². The Kier molecular flexibility index (Phi) is 5.72. The minimum absolute atomic E-state index is 0.0608. The molecule has 1 unspecified atom stereocenters. The maximum atomic E-state index is 13.5. The monoisotopic (exact) mass is 255 g/mol. The van der Waals surface area contributed by atoms with Crippen LogP contribution in [0.3, 0.4) is 0 Å². The first-order valence-corrected chi connectivity index (χ1v) is 6.04. The van der Waals surface area contributed by atoms with Crippen molar-refractivity contribution in [2.75, 3.05) is 14.2 Å². The van der Waals surface area contributed by atoms with E-state index in [4.69, 9.17) is 9.47 Å². The third-order valence-corrected chi connectivity index (χ3v) is 3.00. The fraction of sp³-hybridized carbons (Fsp3) is 0.571. The average molecular weight is 255 g/mol. The summed E-state index contributed by atoms with van der Waals surface area (Å²) in [5.41, 5.74) is 2.41. The van der Waals surface area contributed by atoms with Crippen molar-refractivity contribution in [3.8, 4) is 0 Å². The van der Waals surface area contributed by atoms with Gasteiger partial charge in [0.05, 0.1) is 6.04 Å². The number of hydrogen-bond acceptors (Lipinski definition) is 3. The fourth-order valence-corrected chi connectivity index (χ4v) is 2.02. The van der Waals surface area contributed by atoms with Crippen molar-refractivity contribution < 1.29 is 13.9 Å². The molecule has 1 aromatic carbocycles. The molecule has 0 bridgehead atoms. The molecule has 102 valence electrons. The third kappa shape index (κ3) is 3.77. The molecule has 0 fully saturated rings. The molecule has 0 aliphatic heterocycles. The minimum Gasteiger partial charge on any atom is -0.354 e. The second-order valence-electron chi connectivity index (χ2n) is 4.55. The van der Waals surface area contributed by atoms with E-state index in [9.17, 15) is 4.39 Å². The largest absolute Gasteiger partial charge is 0.354 e. The summed E-state index contributed by atoms with van der Waals surface area (Å²) in [6.45, 7) is 6.21. The van der Waals surface area contributed by atoms with E-state index in [-0.39, 0.29) is 18.1 Å². The highest BCUT2D eigenvalue weighted by Crippen LogP contribution is 2.14. The van der Waals surface area contributed by atoms with Gasteiger partial charge in [-0.05, 0) is 37.5 Å². The fourth-order valence-electron chi connectivity index (χ4n) is 2.02. The molecule has 0 heterocycles. The smallest absolute Gasteiger partial charge is 0.171 e. The minimum atomic E-state index is -0.285. The number of hydrogen-bond donors (Lipinski definition) is 1. The Bertz CT molecular complexity index is 368. The van der Waals surface area contributed by atoms with Gasteiger partial charge in [-0.1, -0.05) is 12.1 Å². The molecule has 0 aliphatic carbocycles. The van der Waals surface area contributed by atoms with E-state index < -0.39 is 0 Å². The van der Waals surface area contributed by atoms with Gasteiger partial charge in [-0.2, -0.15) is 0 Å². The first-order chi connectivity index (χ1) is 8.49. The number of halogens is 1. The van der Waals surface area contributed by atoms with Gasteiger partial charge in [0.2, 0.25) is 0 Å². The van der Waals surface area contributed by atoms with Gasteiger partial charge < -0.3 is 14.8 Å². The second kappa shape index (κ2) is 6.83. The predicted molar refractivity (Wildman–Crippen MR) is 70.0 cm³/mol. The van der Waals surface area contributed by atoms with Gasteiger partial charge in [-0.25, -0.2) is 4.39 Å². The molecule has 1 rings (SSSR count). The van der Waals surface area contributed by atoms with Crippen LogP contribution in [0.4, 0.5) is 4.39 Å². The molecule has 3 nitrogen and oxygen atoms in total. The first-order valence-electron chi connectivity index (χ1n) is 6.04. The van der Waals surface area contributed by atoms with E-state index in [0.29, 0.717) is 17.7 Å². The number of benzene rings is 1. The molecule has 0 radical (unpaired) electrons. The normalized spacial score (nSPS) is 13.1.